The molecule has 0 saturated heterocycles. The van der Waals surface area contributed by atoms with Crippen LogP contribution in [0.5, 0.6) is 11.5 Å². The second kappa shape index (κ2) is 15.8. The van der Waals surface area contributed by atoms with Crippen molar-refractivity contribution in [2.24, 2.45) is 0 Å². The van der Waals surface area contributed by atoms with Crippen LogP contribution in [0.4, 0.5) is 0 Å². The Labute approximate surface area is 357 Å². The van der Waals surface area contributed by atoms with Crippen LogP contribution < -0.4 is 9.47 Å². The number of hydrogen-bond acceptors (Lipinski definition) is 2. The van der Waals surface area contributed by atoms with E-state index in [1.165, 1.54) is 77.9 Å². The standard InChI is InChI=1S/C57H68O2/c1-33-27-34(2)38(6)51(37(33)5)49-31-46(32-50(54(49)59-18)52-39(7)35(3)28-36(4)40(52)8)57(15,16)45-29-47(41-19-23-43(24-20-41)55(9,10)11)53(58-17)48(30-45)42-21-25-44(26-22-42)56(12,13)14/h19-32H,1-18H3. The number of aryl methyl sites for hydroxylation is 4. The molecule has 0 spiro atoms. The van der Waals surface area contributed by atoms with E-state index >= 15 is 0 Å². The van der Waals surface area contributed by atoms with Gasteiger partial charge in [0.05, 0.1) is 14.2 Å². The zero-order valence-corrected chi connectivity index (χ0v) is 39.4. The van der Waals surface area contributed by atoms with E-state index in [0.717, 1.165) is 44.9 Å². The summed E-state index contributed by atoms with van der Waals surface area (Å²) in [4.78, 5) is 0. The maximum Gasteiger partial charge on any atom is 0.134 e. The molecule has 0 aliphatic heterocycles. The molecule has 6 rings (SSSR count). The highest BCUT2D eigenvalue weighted by atomic mass is 16.5. The molecule has 0 atom stereocenters. The van der Waals surface area contributed by atoms with E-state index in [-0.39, 0.29) is 10.8 Å². The second-order valence-corrected chi connectivity index (χ2v) is 19.8. The van der Waals surface area contributed by atoms with Gasteiger partial charge < -0.3 is 9.47 Å². The molecule has 0 fully saturated rings. The van der Waals surface area contributed by atoms with Crippen molar-refractivity contribution in [3.8, 4) is 56.0 Å². The van der Waals surface area contributed by atoms with Crippen molar-refractivity contribution in [3.63, 3.8) is 0 Å². The van der Waals surface area contributed by atoms with E-state index in [4.69, 9.17) is 9.47 Å². The van der Waals surface area contributed by atoms with Gasteiger partial charge >= 0.3 is 0 Å². The predicted molar refractivity (Wildman–Crippen MR) is 255 cm³/mol. The monoisotopic (exact) mass is 785 g/mol. The zero-order chi connectivity index (χ0) is 43.5. The van der Waals surface area contributed by atoms with Crippen LogP contribution in [0.15, 0.2) is 84.9 Å². The molecule has 0 aliphatic rings. The largest absolute Gasteiger partial charge is 0.495 e. The minimum atomic E-state index is -0.441. The van der Waals surface area contributed by atoms with E-state index in [2.05, 4.69) is 196 Å². The molecular weight excluding hydrogens is 717 g/mol. The fourth-order valence-corrected chi connectivity index (χ4v) is 8.93. The summed E-state index contributed by atoms with van der Waals surface area (Å²) in [5, 5.41) is 0. The number of ether oxygens (including phenoxy) is 2. The summed E-state index contributed by atoms with van der Waals surface area (Å²) in [5.41, 5.74) is 24.2. The molecule has 59 heavy (non-hydrogen) atoms. The fourth-order valence-electron chi connectivity index (χ4n) is 8.93. The molecule has 308 valence electrons. The lowest BCUT2D eigenvalue weighted by atomic mass is 9.73. The van der Waals surface area contributed by atoms with Crippen molar-refractivity contribution in [3.05, 3.63) is 152 Å². The van der Waals surface area contributed by atoms with E-state index in [9.17, 15) is 0 Å². The molecule has 2 heteroatoms. The fraction of sp³-hybridized carbons (Fsp3) is 0.368. The molecule has 2 nitrogen and oxygen atoms in total. The quantitative estimate of drug-likeness (QED) is 0.153. The van der Waals surface area contributed by atoms with Gasteiger partial charge in [-0.1, -0.05) is 116 Å². The van der Waals surface area contributed by atoms with E-state index < -0.39 is 5.41 Å². The van der Waals surface area contributed by atoms with Gasteiger partial charge in [0.25, 0.3) is 0 Å². The molecule has 0 saturated carbocycles. The minimum absolute atomic E-state index is 0.0509. The molecule has 0 bridgehead atoms. The molecule has 6 aromatic carbocycles. The Bertz CT molecular complexity index is 2330. The lowest BCUT2D eigenvalue weighted by molar-refractivity contribution is 0.417. The van der Waals surface area contributed by atoms with Crippen LogP contribution in [0.3, 0.4) is 0 Å². The first-order valence-electron chi connectivity index (χ1n) is 21.3. The summed E-state index contributed by atoms with van der Waals surface area (Å²) < 4.78 is 13.0. The molecular formula is C57H68O2. The summed E-state index contributed by atoms with van der Waals surface area (Å²) in [7, 11) is 3.65. The maximum atomic E-state index is 6.57. The molecule has 6 aromatic rings. The normalized spacial score (nSPS) is 12.2. The Morgan fingerprint density at radius 2 is 0.610 bits per heavy atom. The molecule has 0 unspecified atom stereocenters. The zero-order valence-electron chi connectivity index (χ0n) is 39.4. The minimum Gasteiger partial charge on any atom is -0.495 e. The molecule has 0 amide bonds. The van der Waals surface area contributed by atoms with Gasteiger partial charge in [0.1, 0.15) is 11.5 Å². The Morgan fingerprint density at radius 1 is 0.339 bits per heavy atom. The van der Waals surface area contributed by atoms with Crippen molar-refractivity contribution < 1.29 is 9.47 Å². The summed E-state index contributed by atoms with van der Waals surface area (Å²) >= 11 is 0. The first-order chi connectivity index (χ1) is 27.5. The van der Waals surface area contributed by atoms with Crippen LogP contribution in [0.1, 0.15) is 122 Å². The lowest BCUT2D eigenvalue weighted by Crippen LogP contribution is -2.20. The van der Waals surface area contributed by atoms with Gasteiger partial charge in [-0.05, 0) is 180 Å². The average Bonchev–Trinajstić information content (AvgIpc) is 3.18. The van der Waals surface area contributed by atoms with Gasteiger partial charge in [0.15, 0.2) is 0 Å². The second-order valence-electron chi connectivity index (χ2n) is 19.8. The SMILES string of the molecule is COc1c(-c2ccc(C(C)(C)C)cc2)cc(C(C)(C)c2cc(-c3c(C)c(C)cc(C)c3C)c(OC)c(-c3c(C)c(C)cc(C)c3C)c2)cc1-c1ccc(C(C)(C)C)cc1. The summed E-state index contributed by atoms with van der Waals surface area (Å²) in [6.07, 6.45) is 0. The van der Waals surface area contributed by atoms with E-state index in [1.807, 2.05) is 14.2 Å². The van der Waals surface area contributed by atoms with Crippen molar-refractivity contribution >= 4 is 0 Å². The molecule has 0 radical (unpaired) electrons. The van der Waals surface area contributed by atoms with Crippen LogP contribution >= 0.6 is 0 Å². The van der Waals surface area contributed by atoms with Gasteiger partial charge in [-0.15, -0.1) is 0 Å². The van der Waals surface area contributed by atoms with Gasteiger partial charge in [0.2, 0.25) is 0 Å². The van der Waals surface area contributed by atoms with Crippen molar-refractivity contribution in [2.75, 3.05) is 14.2 Å². The number of methoxy groups -OCH3 is 2. The Balaban J connectivity index is 1.73. The summed E-state index contributed by atoms with van der Waals surface area (Å²) in [6, 6.07) is 32.4. The highest BCUT2D eigenvalue weighted by Crippen LogP contribution is 2.50. The van der Waals surface area contributed by atoms with Gasteiger partial charge in [0, 0.05) is 27.7 Å². The summed E-state index contributed by atoms with van der Waals surface area (Å²) in [5.74, 6) is 1.81. The number of hydrogen-bond donors (Lipinski definition) is 0. The van der Waals surface area contributed by atoms with Crippen LogP contribution in [0, 0.1) is 55.4 Å². The first-order valence-corrected chi connectivity index (χ1v) is 21.3. The smallest absolute Gasteiger partial charge is 0.134 e. The first kappa shape index (κ1) is 43.5. The number of benzene rings is 6. The van der Waals surface area contributed by atoms with Crippen LogP contribution in [0.25, 0.3) is 44.5 Å². The average molecular weight is 785 g/mol. The molecule has 0 aliphatic carbocycles. The molecule has 0 N–H and O–H groups in total. The van der Waals surface area contributed by atoms with Crippen molar-refractivity contribution in [1.29, 1.82) is 0 Å². The Morgan fingerprint density at radius 3 is 0.881 bits per heavy atom. The van der Waals surface area contributed by atoms with Crippen LogP contribution in [0.2, 0.25) is 0 Å². The number of rotatable bonds is 8. The van der Waals surface area contributed by atoms with Gasteiger partial charge in [-0.2, -0.15) is 0 Å². The van der Waals surface area contributed by atoms with Crippen molar-refractivity contribution in [1.82, 2.24) is 0 Å². The molecule has 0 heterocycles. The maximum absolute atomic E-state index is 6.57. The predicted octanol–water partition coefficient (Wildman–Crippen LogP) is 15.8. The van der Waals surface area contributed by atoms with Gasteiger partial charge in [-0.3, -0.25) is 0 Å². The van der Waals surface area contributed by atoms with E-state index in [0.29, 0.717) is 0 Å². The van der Waals surface area contributed by atoms with Gasteiger partial charge in [-0.25, -0.2) is 0 Å². The molecule has 0 aromatic heterocycles. The third-order valence-electron chi connectivity index (χ3n) is 13.4. The lowest BCUT2D eigenvalue weighted by Gasteiger charge is -2.31. The third-order valence-corrected chi connectivity index (χ3v) is 13.4. The highest BCUT2D eigenvalue weighted by Gasteiger charge is 2.31. The Kier molecular flexibility index (Phi) is 11.7. The van der Waals surface area contributed by atoms with Crippen LogP contribution in [-0.2, 0) is 16.2 Å². The van der Waals surface area contributed by atoms with Crippen molar-refractivity contribution in [2.45, 2.75) is 127 Å². The Hall–Kier alpha value is -5.08. The third kappa shape index (κ3) is 8.01. The van der Waals surface area contributed by atoms with Crippen LogP contribution in [-0.4, -0.2) is 14.2 Å². The van der Waals surface area contributed by atoms with E-state index in [1.54, 1.807) is 0 Å². The topological polar surface area (TPSA) is 18.5 Å². The summed E-state index contributed by atoms with van der Waals surface area (Å²) in [6.45, 7) is 36.3. The highest BCUT2D eigenvalue weighted by molar-refractivity contribution is 5.90.